The van der Waals surface area contributed by atoms with Crippen LogP contribution in [0.4, 0.5) is 0 Å². The van der Waals surface area contributed by atoms with Crippen molar-refractivity contribution < 1.29 is 32.2 Å². The van der Waals surface area contributed by atoms with Gasteiger partial charge in [0.2, 0.25) is 10.0 Å². The molecule has 178 valence electrons. The lowest BCUT2D eigenvalue weighted by atomic mass is 10.1. The molecule has 0 atom stereocenters. The fourth-order valence-corrected chi connectivity index (χ4v) is 5.41. The fourth-order valence-electron chi connectivity index (χ4n) is 3.98. The molecule has 1 amide bonds. The molecule has 4 rings (SSSR count). The first-order valence-electron chi connectivity index (χ1n) is 10.8. The Labute approximate surface area is 193 Å². The van der Waals surface area contributed by atoms with Gasteiger partial charge in [-0.05, 0) is 31.2 Å². The Morgan fingerprint density at radius 2 is 1.52 bits per heavy atom. The van der Waals surface area contributed by atoms with E-state index in [1.165, 1.54) is 16.4 Å². The molecule has 2 aromatic carbocycles. The van der Waals surface area contributed by atoms with Crippen molar-refractivity contribution in [3.63, 3.8) is 0 Å². The second-order valence-electron chi connectivity index (χ2n) is 7.86. The largest absolute Gasteiger partial charge is 0.496 e. The topological polar surface area (TPSA) is 94.6 Å². The van der Waals surface area contributed by atoms with Crippen LogP contribution in [0.15, 0.2) is 35.2 Å². The summed E-state index contributed by atoms with van der Waals surface area (Å²) in [6.45, 7) is 3.82. The average Bonchev–Trinajstić information content (AvgIpc) is 3.09. The molecule has 0 spiro atoms. The number of sulfonamides is 1. The number of hydrogen-bond donors (Lipinski definition) is 0. The van der Waals surface area contributed by atoms with E-state index in [4.69, 9.17) is 18.9 Å². The summed E-state index contributed by atoms with van der Waals surface area (Å²) >= 11 is 0. The maximum Gasteiger partial charge on any atom is 0.254 e. The zero-order chi connectivity index (χ0) is 23.6. The van der Waals surface area contributed by atoms with Gasteiger partial charge in [0.25, 0.3) is 5.91 Å². The average molecular weight is 477 g/mol. The number of hydrogen-bond acceptors (Lipinski definition) is 7. The Morgan fingerprint density at radius 1 is 0.909 bits per heavy atom. The molecule has 1 saturated heterocycles. The predicted molar refractivity (Wildman–Crippen MR) is 121 cm³/mol. The molecule has 33 heavy (non-hydrogen) atoms. The standard InChI is InChI=1S/C23H28N2O7S/c1-16-20(29-2)13-17(14-21(16)30-3)23(26)24-7-9-25(10-8-24)33(27,28)18-5-6-19-22(15-18)32-12-4-11-31-19/h5-6,13-15H,4,7-12H2,1-3H3. The van der Waals surface area contributed by atoms with E-state index in [2.05, 4.69) is 0 Å². The lowest BCUT2D eigenvalue weighted by Gasteiger charge is -2.34. The molecular weight excluding hydrogens is 448 g/mol. The van der Waals surface area contributed by atoms with Crippen LogP contribution in [0.25, 0.3) is 0 Å². The highest BCUT2D eigenvalue weighted by Crippen LogP contribution is 2.33. The van der Waals surface area contributed by atoms with Crippen molar-refractivity contribution in [3.8, 4) is 23.0 Å². The fraction of sp³-hybridized carbons (Fsp3) is 0.435. The summed E-state index contributed by atoms with van der Waals surface area (Å²) in [4.78, 5) is 14.9. The zero-order valence-corrected chi connectivity index (χ0v) is 19.8. The van der Waals surface area contributed by atoms with Gasteiger partial charge in [0.1, 0.15) is 11.5 Å². The first-order valence-corrected chi connectivity index (χ1v) is 12.2. The molecule has 1 fully saturated rings. The van der Waals surface area contributed by atoms with Crippen LogP contribution in [0.5, 0.6) is 23.0 Å². The molecule has 10 heteroatoms. The molecule has 2 aliphatic rings. The van der Waals surface area contributed by atoms with Crippen LogP contribution in [0.1, 0.15) is 22.3 Å². The summed E-state index contributed by atoms with van der Waals surface area (Å²) in [6, 6.07) is 8.04. The van der Waals surface area contributed by atoms with Crippen molar-refractivity contribution >= 4 is 15.9 Å². The lowest BCUT2D eigenvalue weighted by molar-refractivity contribution is 0.0697. The molecule has 0 saturated carbocycles. The number of benzene rings is 2. The minimum Gasteiger partial charge on any atom is -0.496 e. The number of carbonyl (C=O) groups is 1. The molecule has 0 N–H and O–H groups in total. The normalized spacial score (nSPS) is 16.8. The quantitative estimate of drug-likeness (QED) is 0.654. The van der Waals surface area contributed by atoms with Crippen molar-refractivity contribution in [2.45, 2.75) is 18.2 Å². The van der Waals surface area contributed by atoms with Crippen molar-refractivity contribution in [2.24, 2.45) is 0 Å². The van der Waals surface area contributed by atoms with E-state index in [-0.39, 0.29) is 37.0 Å². The molecular formula is C23H28N2O7S. The molecule has 9 nitrogen and oxygen atoms in total. The van der Waals surface area contributed by atoms with Gasteiger partial charge in [-0.1, -0.05) is 0 Å². The van der Waals surface area contributed by atoms with Gasteiger partial charge < -0.3 is 23.8 Å². The van der Waals surface area contributed by atoms with Crippen molar-refractivity contribution in [2.75, 3.05) is 53.6 Å². The molecule has 2 heterocycles. The van der Waals surface area contributed by atoms with Gasteiger partial charge in [-0.25, -0.2) is 8.42 Å². The summed E-state index contributed by atoms with van der Waals surface area (Å²) in [5.41, 5.74) is 1.25. The lowest BCUT2D eigenvalue weighted by Crippen LogP contribution is -2.50. The van der Waals surface area contributed by atoms with Crippen molar-refractivity contribution in [3.05, 3.63) is 41.5 Å². The van der Waals surface area contributed by atoms with Gasteiger partial charge >= 0.3 is 0 Å². The van der Waals surface area contributed by atoms with Crippen LogP contribution in [-0.2, 0) is 10.0 Å². The number of methoxy groups -OCH3 is 2. The Kier molecular flexibility index (Phi) is 6.66. The van der Waals surface area contributed by atoms with E-state index in [9.17, 15) is 13.2 Å². The van der Waals surface area contributed by atoms with E-state index in [0.717, 1.165) is 12.0 Å². The van der Waals surface area contributed by atoms with Gasteiger partial charge in [0, 0.05) is 49.8 Å². The van der Waals surface area contributed by atoms with Crippen LogP contribution in [0.2, 0.25) is 0 Å². The first kappa shape index (κ1) is 23.2. The summed E-state index contributed by atoms with van der Waals surface area (Å²) in [5.74, 6) is 1.91. The zero-order valence-electron chi connectivity index (χ0n) is 19.0. The predicted octanol–water partition coefficient (Wildman–Crippen LogP) is 2.32. The molecule has 0 bridgehead atoms. The van der Waals surface area contributed by atoms with E-state index in [1.807, 2.05) is 6.92 Å². The van der Waals surface area contributed by atoms with Crippen molar-refractivity contribution in [1.82, 2.24) is 9.21 Å². The van der Waals surface area contributed by atoms with Gasteiger partial charge in [0.15, 0.2) is 11.5 Å². The van der Waals surface area contributed by atoms with E-state index < -0.39 is 10.0 Å². The Bertz CT molecular complexity index is 1120. The molecule has 0 aliphatic carbocycles. The smallest absolute Gasteiger partial charge is 0.254 e. The first-order chi connectivity index (χ1) is 15.8. The Morgan fingerprint density at radius 3 is 2.12 bits per heavy atom. The van der Waals surface area contributed by atoms with E-state index in [1.54, 1.807) is 37.3 Å². The molecule has 2 aliphatic heterocycles. The van der Waals surface area contributed by atoms with Gasteiger partial charge in [-0.3, -0.25) is 4.79 Å². The number of ether oxygens (including phenoxy) is 4. The highest BCUT2D eigenvalue weighted by Gasteiger charge is 2.31. The van der Waals surface area contributed by atoms with Crippen LogP contribution in [0.3, 0.4) is 0 Å². The highest BCUT2D eigenvalue weighted by molar-refractivity contribution is 7.89. The van der Waals surface area contributed by atoms with Gasteiger partial charge in [-0.2, -0.15) is 4.31 Å². The molecule has 0 aromatic heterocycles. The second kappa shape index (κ2) is 9.48. The molecule has 0 radical (unpaired) electrons. The number of carbonyl (C=O) groups excluding carboxylic acids is 1. The van der Waals surface area contributed by atoms with Gasteiger partial charge in [-0.15, -0.1) is 0 Å². The summed E-state index contributed by atoms with van der Waals surface area (Å²) in [5, 5.41) is 0. The van der Waals surface area contributed by atoms with Crippen LogP contribution in [-0.4, -0.2) is 77.1 Å². The SMILES string of the molecule is COc1cc(C(=O)N2CCN(S(=O)(=O)c3ccc4c(c3)OCCCO4)CC2)cc(OC)c1C. The number of nitrogens with zero attached hydrogens (tertiary/aromatic N) is 2. The third-order valence-corrected chi connectivity index (χ3v) is 7.78. The maximum absolute atomic E-state index is 13.2. The number of fused-ring (bicyclic) bond motifs is 1. The Hall–Kier alpha value is -2.98. The minimum atomic E-state index is -3.73. The van der Waals surface area contributed by atoms with Crippen LogP contribution in [0, 0.1) is 6.92 Å². The minimum absolute atomic E-state index is 0.152. The van der Waals surface area contributed by atoms with Gasteiger partial charge in [0.05, 0.1) is 32.3 Å². The number of piperazine rings is 1. The summed E-state index contributed by atoms with van der Waals surface area (Å²) in [6.07, 6.45) is 0.742. The monoisotopic (exact) mass is 476 g/mol. The summed E-state index contributed by atoms with van der Waals surface area (Å²) < 4.78 is 49.8. The summed E-state index contributed by atoms with van der Waals surface area (Å²) in [7, 11) is -0.646. The number of amides is 1. The highest BCUT2D eigenvalue weighted by atomic mass is 32.2. The van der Waals surface area contributed by atoms with Crippen molar-refractivity contribution in [1.29, 1.82) is 0 Å². The van der Waals surface area contributed by atoms with E-state index >= 15 is 0 Å². The molecule has 2 aromatic rings. The van der Waals surface area contributed by atoms with E-state index in [0.29, 0.717) is 41.8 Å². The third-order valence-electron chi connectivity index (χ3n) is 5.88. The Balaban J connectivity index is 1.47. The maximum atomic E-state index is 13.2. The molecule has 0 unspecified atom stereocenters. The van der Waals surface area contributed by atoms with Crippen LogP contribution >= 0.6 is 0 Å². The van der Waals surface area contributed by atoms with Crippen LogP contribution < -0.4 is 18.9 Å². The second-order valence-corrected chi connectivity index (χ2v) is 9.80. The number of rotatable bonds is 5. The third kappa shape index (κ3) is 4.58.